The minimum Gasteiger partial charge on any atom is -0.466 e. The predicted molar refractivity (Wildman–Crippen MR) is 125 cm³/mol. The van der Waals surface area contributed by atoms with Crippen molar-refractivity contribution in [2.45, 2.75) is 135 Å². The van der Waals surface area contributed by atoms with Crippen LogP contribution in [0.15, 0.2) is 0 Å². The van der Waals surface area contributed by atoms with Gasteiger partial charge in [-0.15, -0.1) is 0 Å². The number of hydrogen-bond acceptors (Lipinski definition) is 4. The van der Waals surface area contributed by atoms with Crippen molar-refractivity contribution in [3.63, 3.8) is 0 Å². The van der Waals surface area contributed by atoms with Crippen molar-refractivity contribution < 1.29 is 22.5 Å². The van der Waals surface area contributed by atoms with E-state index < -0.39 is 10.1 Å². The Labute approximate surface area is 186 Å². The molecule has 0 atom stereocenters. The summed E-state index contributed by atoms with van der Waals surface area (Å²) >= 11 is 0. The van der Waals surface area contributed by atoms with Crippen LogP contribution in [0.4, 0.5) is 0 Å². The summed E-state index contributed by atoms with van der Waals surface area (Å²) in [6.07, 6.45) is 24.6. The zero-order valence-electron chi connectivity index (χ0n) is 19.5. The minimum absolute atomic E-state index is 0.0901. The largest absolute Gasteiger partial charge is 0.466 e. The van der Waals surface area contributed by atoms with Crippen LogP contribution < -0.4 is 0 Å². The van der Waals surface area contributed by atoms with Gasteiger partial charge >= 0.3 is 5.97 Å². The molecule has 0 rings (SSSR count). The van der Waals surface area contributed by atoms with Gasteiger partial charge in [-0.2, -0.15) is 8.42 Å². The van der Waals surface area contributed by atoms with Crippen LogP contribution in [0, 0.1) is 0 Å². The summed E-state index contributed by atoms with van der Waals surface area (Å²) in [5.41, 5.74) is 0. The maximum atomic E-state index is 10.6. The number of hydrogen-bond donors (Lipinski definition) is 1. The zero-order valence-corrected chi connectivity index (χ0v) is 20.4. The lowest BCUT2D eigenvalue weighted by Gasteiger charge is -2.04. The lowest BCUT2D eigenvalue weighted by atomic mass is 10.0. The van der Waals surface area contributed by atoms with Crippen LogP contribution in [0.5, 0.6) is 0 Å². The van der Waals surface area contributed by atoms with Crippen molar-refractivity contribution in [2.75, 3.05) is 12.4 Å². The van der Waals surface area contributed by atoms with Crippen LogP contribution in [0.25, 0.3) is 0 Å². The van der Waals surface area contributed by atoms with Gasteiger partial charge in [-0.05, 0) is 12.8 Å². The van der Waals surface area contributed by atoms with E-state index in [2.05, 4.69) is 0 Å². The maximum Gasteiger partial charge on any atom is 0.302 e. The highest BCUT2D eigenvalue weighted by Gasteiger charge is 2.02. The van der Waals surface area contributed by atoms with Crippen molar-refractivity contribution in [3.8, 4) is 0 Å². The molecule has 0 aromatic heterocycles. The average Bonchev–Trinajstić information content (AvgIpc) is 2.67. The highest BCUT2D eigenvalue weighted by Crippen LogP contribution is 2.15. The van der Waals surface area contributed by atoms with E-state index in [0.29, 0.717) is 13.0 Å². The van der Waals surface area contributed by atoms with Crippen molar-refractivity contribution in [1.29, 1.82) is 0 Å². The fourth-order valence-electron chi connectivity index (χ4n) is 3.78. The Morgan fingerprint density at radius 2 is 0.833 bits per heavy atom. The highest BCUT2D eigenvalue weighted by molar-refractivity contribution is 7.85. The Balaban J connectivity index is 3.06. The van der Waals surface area contributed by atoms with Gasteiger partial charge in [-0.1, -0.05) is 116 Å². The normalized spacial score (nSPS) is 11.7. The molecule has 0 aromatic carbocycles. The second kappa shape index (κ2) is 21.6. The van der Waals surface area contributed by atoms with Gasteiger partial charge in [0.25, 0.3) is 10.1 Å². The average molecular weight is 449 g/mol. The van der Waals surface area contributed by atoms with Crippen LogP contribution in [0.1, 0.15) is 135 Å². The number of ether oxygens (including phenoxy) is 1. The first-order chi connectivity index (χ1) is 14.4. The third-order valence-corrected chi connectivity index (χ3v) is 6.41. The van der Waals surface area contributed by atoms with Crippen LogP contribution >= 0.6 is 0 Å². The number of carbonyl (C=O) groups excluding carboxylic acids is 1. The number of carbonyl (C=O) groups is 1. The van der Waals surface area contributed by atoms with Gasteiger partial charge in [-0.25, -0.2) is 0 Å². The molecule has 1 N–H and O–H groups in total. The van der Waals surface area contributed by atoms with E-state index in [1.165, 1.54) is 110 Å². The van der Waals surface area contributed by atoms with Crippen molar-refractivity contribution in [3.05, 3.63) is 0 Å². The molecule has 0 saturated heterocycles. The fourth-order valence-corrected chi connectivity index (χ4v) is 4.35. The molecule has 0 fully saturated rings. The first-order valence-electron chi connectivity index (χ1n) is 12.5. The molecule has 0 radical (unpaired) electrons. The lowest BCUT2D eigenvalue weighted by Crippen LogP contribution is -2.03. The van der Waals surface area contributed by atoms with Gasteiger partial charge in [0.15, 0.2) is 0 Å². The standard InChI is InChI=1S/C24H48O5S/c1-24(25)29-22-20-18-16-14-12-10-8-6-4-2-3-5-7-9-11-13-15-17-19-21-23-30(26,27)28/h2-23H2,1H3,(H,26,27,28). The van der Waals surface area contributed by atoms with Crippen molar-refractivity contribution >= 4 is 16.1 Å². The SMILES string of the molecule is CC(=O)OCCCCCCCCCCCCCCCCCCCCCCS(=O)(=O)O. The smallest absolute Gasteiger partial charge is 0.302 e. The first kappa shape index (κ1) is 29.4. The molecule has 0 aliphatic carbocycles. The first-order valence-corrected chi connectivity index (χ1v) is 14.1. The Kier molecular flexibility index (Phi) is 21.2. The Morgan fingerprint density at radius 1 is 0.567 bits per heavy atom. The molecule has 0 spiro atoms. The van der Waals surface area contributed by atoms with Gasteiger partial charge in [-0.3, -0.25) is 9.35 Å². The molecule has 0 amide bonds. The van der Waals surface area contributed by atoms with Crippen molar-refractivity contribution in [2.24, 2.45) is 0 Å². The van der Waals surface area contributed by atoms with Crippen molar-refractivity contribution in [1.82, 2.24) is 0 Å². The molecular formula is C24H48O5S. The highest BCUT2D eigenvalue weighted by atomic mass is 32.2. The Bertz CT molecular complexity index is 476. The molecule has 0 aliphatic heterocycles. The molecule has 0 bridgehead atoms. The molecule has 0 unspecified atom stereocenters. The van der Waals surface area contributed by atoms with Crippen LogP contribution in [-0.4, -0.2) is 31.3 Å². The van der Waals surface area contributed by atoms with E-state index >= 15 is 0 Å². The molecule has 6 heteroatoms. The van der Waals surface area contributed by atoms with Crippen LogP contribution in [0.2, 0.25) is 0 Å². The molecule has 0 saturated carbocycles. The summed E-state index contributed by atoms with van der Waals surface area (Å²) in [4.78, 5) is 10.6. The molecule has 0 heterocycles. The Hall–Kier alpha value is -0.620. The van der Waals surface area contributed by atoms with Gasteiger partial charge in [0.05, 0.1) is 12.4 Å². The summed E-state index contributed by atoms with van der Waals surface area (Å²) in [5.74, 6) is -0.260. The summed E-state index contributed by atoms with van der Waals surface area (Å²) in [5, 5.41) is 0. The van der Waals surface area contributed by atoms with Gasteiger partial charge < -0.3 is 4.74 Å². The molecule has 180 valence electrons. The van der Waals surface area contributed by atoms with Crippen LogP contribution in [-0.2, 0) is 19.6 Å². The van der Waals surface area contributed by atoms with E-state index in [1.54, 1.807) is 0 Å². The summed E-state index contributed by atoms with van der Waals surface area (Å²) in [6, 6.07) is 0. The number of rotatable bonds is 23. The predicted octanol–water partition coefficient (Wildman–Crippen LogP) is 7.24. The summed E-state index contributed by atoms with van der Waals surface area (Å²) in [7, 11) is -3.76. The third kappa shape index (κ3) is 27.4. The molecule has 0 aliphatic rings. The summed E-state index contributed by atoms with van der Waals surface area (Å²) < 4.78 is 34.8. The van der Waals surface area contributed by atoms with Gasteiger partial charge in [0, 0.05) is 6.92 Å². The number of esters is 1. The minimum atomic E-state index is -3.76. The van der Waals surface area contributed by atoms with E-state index in [-0.39, 0.29) is 11.7 Å². The summed E-state index contributed by atoms with van der Waals surface area (Å²) in [6.45, 7) is 2.05. The molecule has 30 heavy (non-hydrogen) atoms. The van der Waals surface area contributed by atoms with E-state index in [0.717, 1.165) is 19.3 Å². The molecule has 5 nitrogen and oxygen atoms in total. The topological polar surface area (TPSA) is 80.7 Å². The third-order valence-electron chi connectivity index (χ3n) is 5.60. The van der Waals surface area contributed by atoms with Gasteiger partial charge in [0.1, 0.15) is 0 Å². The second-order valence-electron chi connectivity index (χ2n) is 8.70. The van der Waals surface area contributed by atoms with E-state index in [1.807, 2.05) is 0 Å². The fraction of sp³-hybridized carbons (Fsp3) is 0.958. The monoisotopic (exact) mass is 448 g/mol. The van der Waals surface area contributed by atoms with Crippen LogP contribution in [0.3, 0.4) is 0 Å². The molecule has 0 aromatic rings. The molecular weight excluding hydrogens is 400 g/mol. The van der Waals surface area contributed by atoms with E-state index in [4.69, 9.17) is 9.29 Å². The lowest BCUT2D eigenvalue weighted by molar-refractivity contribution is -0.141. The Morgan fingerprint density at radius 3 is 1.10 bits per heavy atom. The number of unbranched alkanes of at least 4 members (excludes halogenated alkanes) is 19. The quantitative estimate of drug-likeness (QED) is 0.101. The van der Waals surface area contributed by atoms with E-state index in [9.17, 15) is 13.2 Å². The zero-order chi connectivity index (χ0) is 22.3. The second-order valence-corrected chi connectivity index (χ2v) is 10.3. The maximum absolute atomic E-state index is 10.6. The van der Waals surface area contributed by atoms with Gasteiger partial charge in [0.2, 0.25) is 0 Å².